The summed E-state index contributed by atoms with van der Waals surface area (Å²) in [5.74, 6) is -0.152. The second-order valence-electron chi connectivity index (χ2n) is 9.62. The van der Waals surface area contributed by atoms with E-state index in [1.54, 1.807) is 50.4 Å². The number of carbonyl (C=O) groups is 3. The molecule has 1 heterocycles. The molecule has 1 saturated heterocycles. The summed E-state index contributed by atoms with van der Waals surface area (Å²) in [5.41, 5.74) is 2.81. The molecule has 1 N–H and O–H groups in total. The number of urea groups is 1. The molecule has 218 valence electrons. The number of ether oxygens (including phenoxy) is 3. The van der Waals surface area contributed by atoms with E-state index >= 15 is 0 Å². The number of halogens is 2. The highest BCUT2D eigenvalue weighted by molar-refractivity contribution is 6.40. The maximum absolute atomic E-state index is 13.5. The Bertz CT molecular complexity index is 1740. The van der Waals surface area contributed by atoms with E-state index in [9.17, 15) is 14.4 Å². The van der Waals surface area contributed by atoms with Crippen LogP contribution in [0.2, 0.25) is 10.0 Å². The Morgan fingerprint density at radius 3 is 2.21 bits per heavy atom. The van der Waals surface area contributed by atoms with Gasteiger partial charge in [-0.05, 0) is 72.2 Å². The van der Waals surface area contributed by atoms with Gasteiger partial charge in [-0.25, -0.2) is 9.69 Å². The normalized spacial score (nSPS) is 14.1. The van der Waals surface area contributed by atoms with Gasteiger partial charge in [-0.1, -0.05) is 65.7 Å². The minimum Gasteiger partial charge on any atom is -0.493 e. The molecule has 0 atom stereocenters. The van der Waals surface area contributed by atoms with Crippen molar-refractivity contribution in [1.29, 1.82) is 0 Å². The maximum Gasteiger partial charge on any atom is 0.335 e. The molecule has 4 aromatic rings. The summed E-state index contributed by atoms with van der Waals surface area (Å²) in [7, 11) is 1.56. The van der Waals surface area contributed by atoms with Gasteiger partial charge >= 0.3 is 6.03 Å². The molecule has 5 rings (SSSR count). The molecule has 0 unspecified atom stereocenters. The van der Waals surface area contributed by atoms with Crippen molar-refractivity contribution in [1.82, 2.24) is 5.32 Å². The van der Waals surface area contributed by atoms with Crippen molar-refractivity contribution in [2.24, 2.45) is 0 Å². The summed E-state index contributed by atoms with van der Waals surface area (Å²) in [6.07, 6.45) is 1.35. The van der Waals surface area contributed by atoms with Crippen molar-refractivity contribution in [3.8, 4) is 17.2 Å². The molecule has 0 spiro atoms. The van der Waals surface area contributed by atoms with Crippen LogP contribution in [-0.4, -0.2) is 25.0 Å². The van der Waals surface area contributed by atoms with Gasteiger partial charge in [0.2, 0.25) is 0 Å². The molecule has 1 aliphatic rings. The molecule has 0 saturated carbocycles. The average molecular weight is 617 g/mol. The number of aryl methyl sites for hydroxylation is 1. The van der Waals surface area contributed by atoms with E-state index in [4.69, 9.17) is 37.4 Å². The molecule has 0 aromatic heterocycles. The zero-order valence-corrected chi connectivity index (χ0v) is 24.7. The van der Waals surface area contributed by atoms with E-state index in [-0.39, 0.29) is 17.9 Å². The first kappa shape index (κ1) is 29.7. The lowest BCUT2D eigenvalue weighted by atomic mass is 10.0. The largest absolute Gasteiger partial charge is 0.493 e. The number of barbiturate groups is 1. The zero-order chi connectivity index (χ0) is 30.5. The third kappa shape index (κ3) is 6.83. The smallest absolute Gasteiger partial charge is 0.335 e. The SMILES string of the molecule is COc1cc(COc2ccc(Cl)cc2/C=C2\C(=O)NC(=O)N(c3cc(Cl)ccc3C)C2=O)ccc1OCc1ccccc1. The van der Waals surface area contributed by atoms with Gasteiger partial charge in [-0.3, -0.25) is 14.9 Å². The standard InChI is InChI=1S/C33H26Cl2N2O6/c1-20-8-10-25(35)17-27(20)37-32(39)26(31(38)36-33(37)40)16-23-15-24(34)11-13-28(23)42-19-22-9-12-29(30(14-22)41-2)43-18-21-6-4-3-5-7-21/h3-17H,18-19H2,1-2H3,(H,36,38,40)/b26-16+. The summed E-state index contributed by atoms with van der Waals surface area (Å²) in [4.78, 5) is 39.8. The van der Waals surface area contributed by atoms with Crippen molar-refractivity contribution >= 4 is 52.8 Å². The topological polar surface area (TPSA) is 94.2 Å². The van der Waals surface area contributed by atoms with Crippen LogP contribution in [-0.2, 0) is 22.8 Å². The van der Waals surface area contributed by atoms with Crippen molar-refractivity contribution in [2.45, 2.75) is 20.1 Å². The molecule has 1 fully saturated rings. The molecule has 10 heteroatoms. The Hall–Kier alpha value is -4.79. The fourth-order valence-electron chi connectivity index (χ4n) is 4.44. The number of nitrogens with zero attached hydrogens (tertiary/aromatic N) is 1. The molecule has 0 aliphatic carbocycles. The van der Waals surface area contributed by atoms with Crippen molar-refractivity contribution in [3.63, 3.8) is 0 Å². The average Bonchev–Trinajstić information content (AvgIpc) is 3.00. The molecule has 4 amide bonds. The maximum atomic E-state index is 13.5. The number of rotatable bonds is 9. The van der Waals surface area contributed by atoms with E-state index < -0.39 is 17.8 Å². The zero-order valence-electron chi connectivity index (χ0n) is 23.2. The number of hydrogen-bond donors (Lipinski definition) is 1. The number of imide groups is 2. The van der Waals surface area contributed by atoms with Crippen molar-refractivity contribution < 1.29 is 28.6 Å². The van der Waals surface area contributed by atoms with Crippen LogP contribution in [0.5, 0.6) is 17.2 Å². The van der Waals surface area contributed by atoms with Crippen molar-refractivity contribution in [3.05, 3.63) is 123 Å². The van der Waals surface area contributed by atoms with Crippen LogP contribution >= 0.6 is 23.2 Å². The Balaban J connectivity index is 1.37. The molecule has 1 aliphatic heterocycles. The number of benzene rings is 4. The Morgan fingerprint density at radius 1 is 0.767 bits per heavy atom. The van der Waals surface area contributed by atoms with Crippen LogP contribution in [0.4, 0.5) is 10.5 Å². The number of hydrogen-bond acceptors (Lipinski definition) is 6. The number of amides is 4. The van der Waals surface area contributed by atoms with Gasteiger partial charge in [-0.15, -0.1) is 0 Å². The van der Waals surface area contributed by atoms with Gasteiger partial charge < -0.3 is 14.2 Å². The van der Waals surface area contributed by atoms with E-state index in [0.717, 1.165) is 16.0 Å². The lowest BCUT2D eigenvalue weighted by molar-refractivity contribution is -0.122. The second kappa shape index (κ2) is 13.0. The van der Waals surface area contributed by atoms with Gasteiger partial charge in [-0.2, -0.15) is 0 Å². The molecule has 0 radical (unpaired) electrons. The Labute approximate surface area is 258 Å². The third-order valence-electron chi connectivity index (χ3n) is 6.64. The number of anilines is 1. The summed E-state index contributed by atoms with van der Waals surface area (Å²) >= 11 is 12.4. The Morgan fingerprint density at radius 2 is 1.44 bits per heavy atom. The van der Waals surface area contributed by atoms with Crippen LogP contribution in [0, 0.1) is 6.92 Å². The monoisotopic (exact) mass is 616 g/mol. The minimum absolute atomic E-state index is 0.138. The van der Waals surface area contributed by atoms with Crippen LogP contribution in [0.1, 0.15) is 22.3 Å². The first-order valence-electron chi connectivity index (χ1n) is 13.2. The highest BCUT2D eigenvalue weighted by Crippen LogP contribution is 2.32. The van der Waals surface area contributed by atoms with Gasteiger partial charge in [0.1, 0.15) is 24.5 Å². The first-order valence-corrected chi connectivity index (χ1v) is 13.9. The number of carbonyl (C=O) groups excluding carboxylic acids is 3. The summed E-state index contributed by atoms with van der Waals surface area (Å²) in [5, 5.41) is 2.92. The lowest BCUT2D eigenvalue weighted by Crippen LogP contribution is -2.54. The summed E-state index contributed by atoms with van der Waals surface area (Å²) < 4.78 is 17.6. The van der Waals surface area contributed by atoms with Gasteiger partial charge in [0, 0.05) is 15.6 Å². The quantitative estimate of drug-likeness (QED) is 0.159. The molecule has 0 bridgehead atoms. The van der Waals surface area contributed by atoms with E-state index in [1.165, 1.54) is 12.1 Å². The second-order valence-corrected chi connectivity index (χ2v) is 10.5. The minimum atomic E-state index is -0.870. The van der Waals surface area contributed by atoms with Crippen LogP contribution in [0.15, 0.2) is 90.5 Å². The number of methoxy groups -OCH3 is 1. The molecular formula is C33H26Cl2N2O6. The van der Waals surface area contributed by atoms with Crippen LogP contribution < -0.4 is 24.4 Å². The van der Waals surface area contributed by atoms with Gasteiger partial charge in [0.05, 0.1) is 12.8 Å². The van der Waals surface area contributed by atoms with Crippen molar-refractivity contribution in [2.75, 3.05) is 12.0 Å². The summed E-state index contributed by atoms with van der Waals surface area (Å²) in [6, 6.07) is 24.0. The predicted octanol–water partition coefficient (Wildman–Crippen LogP) is 7.13. The molecule has 8 nitrogen and oxygen atoms in total. The highest BCUT2D eigenvalue weighted by atomic mass is 35.5. The lowest BCUT2D eigenvalue weighted by Gasteiger charge is -2.27. The van der Waals surface area contributed by atoms with E-state index in [2.05, 4.69) is 5.32 Å². The van der Waals surface area contributed by atoms with Crippen LogP contribution in [0.3, 0.4) is 0 Å². The Kier molecular flexibility index (Phi) is 8.99. The van der Waals surface area contributed by atoms with E-state index in [1.807, 2.05) is 42.5 Å². The number of nitrogens with one attached hydrogen (secondary N) is 1. The molecule has 43 heavy (non-hydrogen) atoms. The predicted molar refractivity (Wildman–Crippen MR) is 165 cm³/mol. The molecule has 4 aromatic carbocycles. The molecular weight excluding hydrogens is 591 g/mol. The van der Waals surface area contributed by atoms with Gasteiger partial charge in [0.25, 0.3) is 11.8 Å². The highest BCUT2D eigenvalue weighted by Gasteiger charge is 2.37. The van der Waals surface area contributed by atoms with Gasteiger partial charge in [0.15, 0.2) is 11.5 Å². The summed E-state index contributed by atoms with van der Waals surface area (Å²) in [6.45, 7) is 2.26. The third-order valence-corrected chi connectivity index (χ3v) is 7.12. The van der Waals surface area contributed by atoms with E-state index in [0.29, 0.717) is 45.0 Å². The van der Waals surface area contributed by atoms with Crippen LogP contribution in [0.25, 0.3) is 6.08 Å². The fraction of sp³-hybridized carbons (Fsp3) is 0.121. The fourth-order valence-corrected chi connectivity index (χ4v) is 4.78. The first-order chi connectivity index (χ1) is 20.7.